The molecule has 1 atom stereocenters. The first kappa shape index (κ1) is 14.5. The molecule has 1 aliphatic heterocycles. The van der Waals surface area contributed by atoms with Crippen LogP contribution in [0, 0.1) is 63.7 Å². The first-order valence-corrected chi connectivity index (χ1v) is 5.58. The summed E-state index contributed by atoms with van der Waals surface area (Å²) in [5.41, 5.74) is 0. The van der Waals surface area contributed by atoms with Crippen molar-refractivity contribution in [1.29, 1.82) is 0 Å². The first-order valence-electron chi connectivity index (χ1n) is 5.58. The predicted molar refractivity (Wildman–Crippen MR) is 63.0 cm³/mol. The Kier molecular flexibility index (Phi) is 7.77. The smallest absolute Gasteiger partial charge is 0.313 e. The standard InChI is InChI=1S/C9H12N.C5H5.Fe/c1-2-5-8(4-1)9-6-3-7-10-9;1-2-4-5-3-1;/h1-2,4-5,9-10H,3,6-7H2;1-5H;/q;;+2/t9-;;/m1../s1. The van der Waals surface area contributed by atoms with Gasteiger partial charge in [0.05, 0.1) is 0 Å². The molecule has 0 amide bonds. The van der Waals surface area contributed by atoms with Gasteiger partial charge < -0.3 is 5.32 Å². The summed E-state index contributed by atoms with van der Waals surface area (Å²) in [4.78, 5) is 0. The van der Waals surface area contributed by atoms with Crippen molar-refractivity contribution >= 4 is 0 Å². The molecule has 0 spiro atoms. The topological polar surface area (TPSA) is 12.0 Å². The van der Waals surface area contributed by atoms with Gasteiger partial charge in [0, 0.05) is 12.0 Å². The van der Waals surface area contributed by atoms with E-state index < -0.39 is 0 Å². The second-order valence-electron chi connectivity index (χ2n) is 3.83. The van der Waals surface area contributed by atoms with Crippen LogP contribution in [0.3, 0.4) is 0 Å². The van der Waals surface area contributed by atoms with E-state index in [2.05, 4.69) is 31.0 Å². The van der Waals surface area contributed by atoms with Crippen LogP contribution >= 0.6 is 0 Å². The van der Waals surface area contributed by atoms with Crippen molar-refractivity contribution in [3.8, 4) is 0 Å². The minimum absolute atomic E-state index is 0. The Morgan fingerprint density at radius 1 is 0.875 bits per heavy atom. The number of nitrogens with one attached hydrogen (secondary N) is 1. The van der Waals surface area contributed by atoms with E-state index in [0.29, 0.717) is 6.04 Å². The molecule has 2 aliphatic carbocycles. The van der Waals surface area contributed by atoms with Gasteiger partial charge in [0.2, 0.25) is 0 Å². The largest absolute Gasteiger partial charge is 2.00 e. The van der Waals surface area contributed by atoms with Crippen molar-refractivity contribution < 1.29 is 17.1 Å². The predicted octanol–water partition coefficient (Wildman–Crippen LogP) is 2.16. The minimum Gasteiger partial charge on any atom is -0.313 e. The molecule has 16 heavy (non-hydrogen) atoms. The monoisotopic (exact) mass is 255 g/mol. The zero-order chi connectivity index (χ0) is 10.3. The molecule has 0 aromatic carbocycles. The summed E-state index contributed by atoms with van der Waals surface area (Å²) in [5, 5.41) is 3.46. The van der Waals surface area contributed by atoms with E-state index in [0.717, 1.165) is 0 Å². The van der Waals surface area contributed by atoms with E-state index in [1.807, 2.05) is 32.1 Å². The molecule has 3 fully saturated rings. The summed E-state index contributed by atoms with van der Waals surface area (Å²) < 4.78 is 0. The van der Waals surface area contributed by atoms with Crippen LogP contribution in [0.2, 0.25) is 0 Å². The number of rotatable bonds is 1. The molecule has 2 heteroatoms. The third-order valence-corrected chi connectivity index (χ3v) is 2.71. The van der Waals surface area contributed by atoms with Gasteiger partial charge in [-0.2, -0.15) is 0 Å². The summed E-state index contributed by atoms with van der Waals surface area (Å²) in [5.74, 6) is 1.46. The second-order valence-corrected chi connectivity index (χ2v) is 3.83. The molecule has 0 aromatic rings. The Labute approximate surface area is 112 Å². The third-order valence-electron chi connectivity index (χ3n) is 2.71. The molecule has 3 aliphatic rings. The number of hydrogen-bond donors (Lipinski definition) is 1. The molecule has 1 saturated heterocycles. The van der Waals surface area contributed by atoms with Gasteiger partial charge in [0.15, 0.2) is 0 Å². The fraction of sp³-hybridized carbons (Fsp3) is 0.286. The van der Waals surface area contributed by atoms with Gasteiger partial charge in [-0.1, -0.05) is 0 Å². The summed E-state index contributed by atoms with van der Waals surface area (Å²) in [6.45, 7) is 1.19. The molecule has 84 valence electrons. The van der Waals surface area contributed by atoms with Crippen LogP contribution in [0.1, 0.15) is 12.8 Å². The van der Waals surface area contributed by atoms with Gasteiger partial charge in [-0.15, -0.1) is 0 Å². The van der Waals surface area contributed by atoms with E-state index in [4.69, 9.17) is 0 Å². The van der Waals surface area contributed by atoms with Crippen LogP contribution in [-0.4, -0.2) is 12.6 Å². The average Bonchev–Trinajstić information content (AvgIpc) is 3.06. The van der Waals surface area contributed by atoms with Crippen LogP contribution < -0.4 is 5.32 Å². The molecular weight excluding hydrogens is 238 g/mol. The van der Waals surface area contributed by atoms with Gasteiger partial charge in [0.25, 0.3) is 0 Å². The van der Waals surface area contributed by atoms with Crippen molar-refractivity contribution in [2.45, 2.75) is 18.9 Å². The van der Waals surface area contributed by atoms with Gasteiger partial charge in [-0.25, -0.2) is 0 Å². The molecular formula is C14H17FeN+2. The zero-order valence-electron chi connectivity index (χ0n) is 9.25. The van der Waals surface area contributed by atoms with E-state index in [1.54, 1.807) is 0 Å². The molecule has 10 radical (unpaired) electrons. The number of hydrogen-bond acceptors (Lipinski definition) is 1. The van der Waals surface area contributed by atoms with Crippen molar-refractivity contribution in [3.05, 3.63) is 63.7 Å². The Morgan fingerprint density at radius 2 is 1.44 bits per heavy atom. The SMILES string of the molecule is [CH]1[CH][CH][CH][CH]1.[CH]1[CH][CH][C]([C@H]2CCCN2)[CH]1.[Fe+2]. The normalized spacial score (nSPS) is 29.6. The molecule has 1 N–H and O–H groups in total. The third kappa shape index (κ3) is 4.77. The Morgan fingerprint density at radius 3 is 1.88 bits per heavy atom. The molecule has 0 unspecified atom stereocenters. The van der Waals surface area contributed by atoms with E-state index in [1.165, 1.54) is 25.3 Å². The molecule has 3 rings (SSSR count). The average molecular weight is 255 g/mol. The van der Waals surface area contributed by atoms with Crippen molar-refractivity contribution in [3.63, 3.8) is 0 Å². The molecule has 2 saturated carbocycles. The fourth-order valence-corrected chi connectivity index (χ4v) is 1.91. The molecule has 1 heterocycles. The second kappa shape index (κ2) is 8.55. The van der Waals surface area contributed by atoms with Crippen molar-refractivity contribution in [2.75, 3.05) is 6.54 Å². The maximum absolute atomic E-state index is 3.46. The van der Waals surface area contributed by atoms with Crippen LogP contribution in [0.25, 0.3) is 0 Å². The summed E-state index contributed by atoms with van der Waals surface area (Å²) in [6.07, 6.45) is 21.2. The summed E-state index contributed by atoms with van der Waals surface area (Å²) in [7, 11) is 0. The molecule has 1 nitrogen and oxygen atoms in total. The fourth-order valence-electron chi connectivity index (χ4n) is 1.91. The zero-order valence-corrected chi connectivity index (χ0v) is 10.4. The van der Waals surface area contributed by atoms with E-state index in [-0.39, 0.29) is 17.1 Å². The van der Waals surface area contributed by atoms with E-state index in [9.17, 15) is 0 Å². The first-order chi connectivity index (χ1) is 7.47. The van der Waals surface area contributed by atoms with Crippen LogP contribution in [0.15, 0.2) is 0 Å². The van der Waals surface area contributed by atoms with Gasteiger partial charge in [-0.05, 0) is 77.2 Å². The minimum atomic E-state index is 0. The van der Waals surface area contributed by atoms with Crippen molar-refractivity contribution in [2.24, 2.45) is 0 Å². The van der Waals surface area contributed by atoms with Crippen LogP contribution in [0.4, 0.5) is 0 Å². The van der Waals surface area contributed by atoms with Gasteiger partial charge in [-0.3, -0.25) is 0 Å². The van der Waals surface area contributed by atoms with Crippen LogP contribution in [-0.2, 0) is 17.1 Å². The van der Waals surface area contributed by atoms with Gasteiger partial charge >= 0.3 is 17.1 Å². The summed E-state index contributed by atoms with van der Waals surface area (Å²) >= 11 is 0. The molecule has 0 bridgehead atoms. The van der Waals surface area contributed by atoms with Gasteiger partial charge in [0.1, 0.15) is 0 Å². The maximum atomic E-state index is 3.46. The van der Waals surface area contributed by atoms with Crippen LogP contribution in [0.5, 0.6) is 0 Å². The Bertz CT molecular complexity index is 135. The maximum Gasteiger partial charge on any atom is 2.00 e. The Hall–Kier alpha value is 0.479. The Balaban J connectivity index is 0.000000183. The van der Waals surface area contributed by atoms with E-state index >= 15 is 0 Å². The molecule has 0 aromatic heterocycles. The van der Waals surface area contributed by atoms with Crippen molar-refractivity contribution in [1.82, 2.24) is 5.32 Å². The quantitative estimate of drug-likeness (QED) is 0.708. The summed E-state index contributed by atoms with van der Waals surface area (Å²) in [6, 6.07) is 0.648.